The van der Waals surface area contributed by atoms with E-state index in [1.54, 1.807) is 12.4 Å². The van der Waals surface area contributed by atoms with Crippen molar-refractivity contribution in [3.63, 3.8) is 0 Å². The number of imidazole rings is 1. The van der Waals surface area contributed by atoms with E-state index in [1.165, 1.54) is 12.8 Å². The van der Waals surface area contributed by atoms with Crippen LogP contribution in [0.5, 0.6) is 0 Å². The number of aromatic nitrogens is 6. The van der Waals surface area contributed by atoms with Crippen LogP contribution in [-0.4, -0.2) is 67.5 Å². The molecular weight excluding hydrogens is 384 g/mol. The number of rotatable bonds is 7. The minimum atomic E-state index is 0.142. The van der Waals surface area contributed by atoms with Gasteiger partial charge >= 0.3 is 0 Å². The van der Waals surface area contributed by atoms with Gasteiger partial charge in [0, 0.05) is 45.1 Å². The van der Waals surface area contributed by atoms with Gasteiger partial charge in [0.2, 0.25) is 5.95 Å². The number of anilines is 2. The zero-order chi connectivity index (χ0) is 20.5. The van der Waals surface area contributed by atoms with Gasteiger partial charge < -0.3 is 25.0 Å². The molecule has 0 radical (unpaired) electrons. The Morgan fingerprint density at radius 3 is 2.57 bits per heavy atom. The number of ether oxygens (including phenoxy) is 1. The van der Waals surface area contributed by atoms with E-state index in [2.05, 4.69) is 19.4 Å². The maximum absolute atomic E-state index is 9.35. The molecule has 3 aromatic heterocycles. The van der Waals surface area contributed by atoms with Crippen LogP contribution in [-0.2, 0) is 17.7 Å². The molecule has 1 aliphatic heterocycles. The summed E-state index contributed by atoms with van der Waals surface area (Å²) in [7, 11) is 0. The SMILES string of the molecule is Nc1ncc(-c2nc(N3CCOCC3)c3nc(CCCO)n(CC4CC4)c3n2)cn1. The van der Waals surface area contributed by atoms with Gasteiger partial charge in [-0.2, -0.15) is 0 Å². The molecule has 4 heterocycles. The second-order valence-electron chi connectivity index (χ2n) is 7.88. The molecule has 10 heteroatoms. The monoisotopic (exact) mass is 410 g/mol. The average molecular weight is 410 g/mol. The highest BCUT2D eigenvalue weighted by molar-refractivity contribution is 5.86. The second kappa shape index (κ2) is 8.11. The fourth-order valence-electron chi connectivity index (χ4n) is 3.79. The highest BCUT2D eigenvalue weighted by Gasteiger charge is 2.27. The lowest BCUT2D eigenvalue weighted by atomic mass is 10.3. The summed E-state index contributed by atoms with van der Waals surface area (Å²) in [4.78, 5) is 25.1. The molecule has 0 bridgehead atoms. The minimum absolute atomic E-state index is 0.142. The van der Waals surface area contributed by atoms with E-state index in [0.29, 0.717) is 37.8 Å². The smallest absolute Gasteiger partial charge is 0.219 e. The molecule has 3 aromatic rings. The first kappa shape index (κ1) is 19.1. The molecular formula is C20H26N8O2. The zero-order valence-electron chi connectivity index (χ0n) is 16.9. The third-order valence-electron chi connectivity index (χ3n) is 5.59. The third kappa shape index (κ3) is 3.80. The summed E-state index contributed by atoms with van der Waals surface area (Å²) in [6.07, 6.45) is 7.16. The average Bonchev–Trinajstić information content (AvgIpc) is 3.54. The Bertz CT molecular complexity index is 1030. The van der Waals surface area contributed by atoms with Crippen LogP contribution in [0.25, 0.3) is 22.6 Å². The van der Waals surface area contributed by atoms with E-state index in [1.807, 2.05) is 0 Å². The fourth-order valence-corrected chi connectivity index (χ4v) is 3.79. The number of hydrogen-bond acceptors (Lipinski definition) is 9. The van der Waals surface area contributed by atoms with Crippen molar-refractivity contribution < 1.29 is 9.84 Å². The van der Waals surface area contributed by atoms with Crippen molar-refractivity contribution in [2.24, 2.45) is 5.92 Å². The first-order chi connectivity index (χ1) is 14.7. The Morgan fingerprint density at radius 1 is 1.10 bits per heavy atom. The summed E-state index contributed by atoms with van der Waals surface area (Å²) < 4.78 is 7.75. The van der Waals surface area contributed by atoms with Crippen molar-refractivity contribution in [3.05, 3.63) is 18.2 Å². The highest BCUT2D eigenvalue weighted by Crippen LogP contribution is 2.34. The van der Waals surface area contributed by atoms with Crippen molar-refractivity contribution in [1.82, 2.24) is 29.5 Å². The molecule has 0 spiro atoms. The topological polar surface area (TPSA) is 128 Å². The predicted molar refractivity (Wildman–Crippen MR) is 112 cm³/mol. The molecule has 1 saturated carbocycles. The van der Waals surface area contributed by atoms with E-state index in [9.17, 15) is 5.11 Å². The number of nitrogens with zero attached hydrogens (tertiary/aromatic N) is 7. The highest BCUT2D eigenvalue weighted by atomic mass is 16.5. The molecule has 0 unspecified atom stereocenters. The summed E-state index contributed by atoms with van der Waals surface area (Å²) in [5.74, 6) is 3.23. The van der Waals surface area contributed by atoms with E-state index >= 15 is 0 Å². The van der Waals surface area contributed by atoms with Gasteiger partial charge in [0.05, 0.1) is 18.8 Å². The molecule has 158 valence electrons. The zero-order valence-corrected chi connectivity index (χ0v) is 16.9. The molecule has 0 atom stereocenters. The van der Waals surface area contributed by atoms with Crippen LogP contribution in [0, 0.1) is 5.92 Å². The molecule has 2 fully saturated rings. The number of nitrogens with two attached hydrogens (primary N) is 1. The van der Waals surface area contributed by atoms with E-state index in [-0.39, 0.29) is 12.6 Å². The van der Waals surface area contributed by atoms with Crippen LogP contribution < -0.4 is 10.6 Å². The standard InChI is InChI=1S/C20H26N8O2/c21-20-22-10-14(11-23-20)17-25-18(27-5-8-30-9-6-27)16-19(26-17)28(12-13-3-4-13)15(24-16)2-1-7-29/h10-11,13,29H,1-9,12H2,(H2,21,22,23). The fraction of sp³-hybridized carbons (Fsp3) is 0.550. The second-order valence-corrected chi connectivity index (χ2v) is 7.88. The van der Waals surface area contributed by atoms with Gasteiger partial charge in [0.1, 0.15) is 5.82 Å². The number of morpholine rings is 1. The lowest BCUT2D eigenvalue weighted by molar-refractivity contribution is 0.122. The van der Waals surface area contributed by atoms with Crippen molar-refractivity contribution in [2.45, 2.75) is 32.2 Å². The molecule has 30 heavy (non-hydrogen) atoms. The van der Waals surface area contributed by atoms with Gasteiger partial charge in [-0.3, -0.25) is 0 Å². The summed E-state index contributed by atoms with van der Waals surface area (Å²) >= 11 is 0. The molecule has 10 nitrogen and oxygen atoms in total. The van der Waals surface area contributed by atoms with Crippen LogP contribution in [0.15, 0.2) is 12.4 Å². The molecule has 5 rings (SSSR count). The Hall–Kier alpha value is -2.85. The predicted octanol–water partition coefficient (Wildman–Crippen LogP) is 1.04. The van der Waals surface area contributed by atoms with E-state index in [4.69, 9.17) is 25.4 Å². The first-order valence-corrected chi connectivity index (χ1v) is 10.5. The van der Waals surface area contributed by atoms with Crippen LogP contribution in [0.1, 0.15) is 25.1 Å². The number of hydrogen-bond donors (Lipinski definition) is 2. The minimum Gasteiger partial charge on any atom is -0.396 e. The quantitative estimate of drug-likeness (QED) is 0.587. The van der Waals surface area contributed by atoms with Crippen LogP contribution in [0.4, 0.5) is 11.8 Å². The third-order valence-corrected chi connectivity index (χ3v) is 5.59. The summed E-state index contributed by atoms with van der Waals surface area (Å²) in [6, 6.07) is 0. The van der Waals surface area contributed by atoms with Crippen LogP contribution >= 0.6 is 0 Å². The van der Waals surface area contributed by atoms with Crippen molar-refractivity contribution in [1.29, 1.82) is 0 Å². The number of aliphatic hydroxyl groups is 1. The van der Waals surface area contributed by atoms with E-state index < -0.39 is 0 Å². The Morgan fingerprint density at radius 2 is 1.87 bits per heavy atom. The Balaban J connectivity index is 1.67. The lowest BCUT2D eigenvalue weighted by Gasteiger charge is -2.28. The van der Waals surface area contributed by atoms with Gasteiger partial charge in [-0.05, 0) is 25.2 Å². The first-order valence-electron chi connectivity index (χ1n) is 10.5. The van der Waals surface area contributed by atoms with Crippen LogP contribution in [0.3, 0.4) is 0 Å². The van der Waals surface area contributed by atoms with Crippen LogP contribution in [0.2, 0.25) is 0 Å². The van der Waals surface area contributed by atoms with Gasteiger partial charge in [-0.1, -0.05) is 0 Å². The maximum atomic E-state index is 9.35. The summed E-state index contributed by atoms with van der Waals surface area (Å²) in [5, 5.41) is 9.35. The molecule has 3 N–H and O–H groups in total. The van der Waals surface area contributed by atoms with Gasteiger partial charge in [-0.15, -0.1) is 0 Å². The molecule has 0 amide bonds. The number of fused-ring (bicyclic) bond motifs is 1. The Labute approximate surface area is 174 Å². The maximum Gasteiger partial charge on any atom is 0.219 e. The summed E-state index contributed by atoms with van der Waals surface area (Å²) in [5.41, 5.74) is 8.02. The normalized spacial score (nSPS) is 17.0. The van der Waals surface area contributed by atoms with Gasteiger partial charge in [-0.25, -0.2) is 24.9 Å². The molecule has 1 aliphatic carbocycles. The number of aliphatic hydroxyl groups excluding tert-OH is 1. The molecule has 2 aliphatic rings. The Kier molecular flexibility index (Phi) is 5.17. The lowest BCUT2D eigenvalue weighted by Crippen LogP contribution is -2.37. The summed E-state index contributed by atoms with van der Waals surface area (Å²) in [6.45, 7) is 3.87. The largest absolute Gasteiger partial charge is 0.396 e. The van der Waals surface area contributed by atoms with Gasteiger partial charge in [0.25, 0.3) is 0 Å². The van der Waals surface area contributed by atoms with Crippen molar-refractivity contribution >= 4 is 22.9 Å². The molecule has 1 saturated heterocycles. The molecule has 0 aromatic carbocycles. The van der Waals surface area contributed by atoms with Crippen molar-refractivity contribution in [2.75, 3.05) is 43.5 Å². The number of aryl methyl sites for hydroxylation is 1. The number of nitrogen functional groups attached to an aromatic ring is 1. The van der Waals surface area contributed by atoms with Gasteiger partial charge in [0.15, 0.2) is 22.8 Å². The van der Waals surface area contributed by atoms with Crippen molar-refractivity contribution in [3.8, 4) is 11.4 Å². The van der Waals surface area contributed by atoms with E-state index in [0.717, 1.165) is 48.0 Å².